The predicted octanol–water partition coefficient (Wildman–Crippen LogP) is 2.74. The number of hydrogen-bond acceptors (Lipinski definition) is 2. The number of likely N-dealkylation sites (tertiary alicyclic amines) is 1. The van der Waals surface area contributed by atoms with Gasteiger partial charge in [-0.1, -0.05) is 18.2 Å². The molecule has 0 aliphatic carbocycles. The van der Waals surface area contributed by atoms with Gasteiger partial charge in [-0.25, -0.2) is 0 Å². The fourth-order valence-electron chi connectivity index (χ4n) is 2.67. The van der Waals surface area contributed by atoms with E-state index >= 15 is 0 Å². The highest BCUT2D eigenvalue weighted by Crippen LogP contribution is 2.23. The number of carboxylic acid groups (broad SMARTS) is 1. The first-order valence-electron chi connectivity index (χ1n) is 6.58. The van der Waals surface area contributed by atoms with Gasteiger partial charge in [-0.15, -0.1) is 0 Å². The average Bonchev–Trinajstić information content (AvgIpc) is 2.70. The van der Waals surface area contributed by atoms with E-state index in [0.29, 0.717) is 0 Å². The van der Waals surface area contributed by atoms with Crippen LogP contribution in [0.25, 0.3) is 0 Å². The minimum absolute atomic E-state index is 0.212. The lowest BCUT2D eigenvalue weighted by molar-refractivity contribution is -0.138. The van der Waals surface area contributed by atoms with E-state index in [2.05, 4.69) is 36.9 Å². The zero-order valence-electron chi connectivity index (χ0n) is 11.1. The molecule has 0 saturated carbocycles. The van der Waals surface area contributed by atoms with E-state index in [1.807, 2.05) is 0 Å². The van der Waals surface area contributed by atoms with Gasteiger partial charge in [0.1, 0.15) is 0 Å². The highest BCUT2D eigenvalue weighted by molar-refractivity contribution is 5.67. The topological polar surface area (TPSA) is 40.5 Å². The Morgan fingerprint density at radius 1 is 1.39 bits per heavy atom. The van der Waals surface area contributed by atoms with E-state index in [-0.39, 0.29) is 12.5 Å². The van der Waals surface area contributed by atoms with Gasteiger partial charge in [0.2, 0.25) is 0 Å². The Morgan fingerprint density at radius 3 is 2.83 bits per heavy atom. The Kier molecular flexibility index (Phi) is 4.02. The first-order chi connectivity index (χ1) is 8.56. The van der Waals surface area contributed by atoms with Crippen molar-refractivity contribution in [1.29, 1.82) is 0 Å². The molecule has 1 heterocycles. The van der Waals surface area contributed by atoms with E-state index in [0.717, 1.165) is 25.9 Å². The average molecular weight is 247 g/mol. The lowest BCUT2D eigenvalue weighted by Crippen LogP contribution is -2.30. The third-order valence-electron chi connectivity index (χ3n) is 3.87. The summed E-state index contributed by atoms with van der Waals surface area (Å²) in [5.41, 5.74) is 3.90. The number of aliphatic carboxylic acids is 1. The Labute approximate surface area is 108 Å². The van der Waals surface area contributed by atoms with Crippen molar-refractivity contribution in [2.24, 2.45) is 0 Å². The Bertz CT molecular complexity index is 442. The van der Waals surface area contributed by atoms with Crippen LogP contribution in [0.3, 0.4) is 0 Å². The third kappa shape index (κ3) is 3.10. The van der Waals surface area contributed by atoms with Crippen molar-refractivity contribution in [2.45, 2.75) is 45.7 Å². The molecule has 2 rings (SSSR count). The van der Waals surface area contributed by atoms with Gasteiger partial charge in [-0.3, -0.25) is 9.69 Å². The molecule has 0 aromatic heterocycles. The molecular weight excluding hydrogens is 226 g/mol. The second-order valence-corrected chi connectivity index (χ2v) is 5.28. The van der Waals surface area contributed by atoms with Crippen molar-refractivity contribution in [3.63, 3.8) is 0 Å². The van der Waals surface area contributed by atoms with Gasteiger partial charge in [-0.2, -0.15) is 0 Å². The Balaban J connectivity index is 2.03. The summed E-state index contributed by atoms with van der Waals surface area (Å²) in [7, 11) is 0. The molecule has 1 unspecified atom stereocenters. The summed E-state index contributed by atoms with van der Waals surface area (Å²) in [6.45, 7) is 6.13. The molecule has 1 aliphatic heterocycles. The van der Waals surface area contributed by atoms with Crippen molar-refractivity contribution in [3.8, 4) is 0 Å². The number of carbonyl (C=O) groups is 1. The fraction of sp³-hybridized carbons (Fsp3) is 0.533. The maximum atomic E-state index is 10.8. The molecule has 1 N–H and O–H groups in total. The highest BCUT2D eigenvalue weighted by Gasteiger charge is 2.26. The van der Waals surface area contributed by atoms with Gasteiger partial charge in [0.25, 0.3) is 0 Å². The van der Waals surface area contributed by atoms with Crippen molar-refractivity contribution in [3.05, 3.63) is 34.9 Å². The zero-order chi connectivity index (χ0) is 13.1. The summed E-state index contributed by atoms with van der Waals surface area (Å²) >= 11 is 0. The summed E-state index contributed by atoms with van der Waals surface area (Å²) in [4.78, 5) is 13.1. The Morgan fingerprint density at radius 2 is 2.17 bits per heavy atom. The second kappa shape index (κ2) is 5.53. The molecule has 0 bridgehead atoms. The highest BCUT2D eigenvalue weighted by atomic mass is 16.4. The molecule has 0 radical (unpaired) electrons. The van der Waals surface area contributed by atoms with Crippen molar-refractivity contribution in [1.82, 2.24) is 4.90 Å². The van der Waals surface area contributed by atoms with Crippen LogP contribution >= 0.6 is 0 Å². The molecule has 1 atom stereocenters. The van der Waals surface area contributed by atoms with Crippen LogP contribution < -0.4 is 0 Å². The van der Waals surface area contributed by atoms with Crippen LogP contribution in [0.15, 0.2) is 18.2 Å². The van der Waals surface area contributed by atoms with E-state index in [9.17, 15) is 4.79 Å². The van der Waals surface area contributed by atoms with E-state index in [1.165, 1.54) is 16.7 Å². The molecule has 1 aromatic carbocycles. The molecule has 3 heteroatoms. The number of rotatable bonds is 4. The van der Waals surface area contributed by atoms with Crippen LogP contribution in [0, 0.1) is 13.8 Å². The van der Waals surface area contributed by atoms with Gasteiger partial charge in [0, 0.05) is 12.6 Å². The van der Waals surface area contributed by atoms with Crippen molar-refractivity contribution >= 4 is 5.97 Å². The van der Waals surface area contributed by atoms with Crippen LogP contribution in [-0.2, 0) is 11.3 Å². The minimum atomic E-state index is -0.688. The van der Waals surface area contributed by atoms with Crippen LogP contribution in [0.4, 0.5) is 0 Å². The normalized spacial score (nSPS) is 20.2. The number of nitrogens with zero attached hydrogens (tertiary/aromatic N) is 1. The van der Waals surface area contributed by atoms with Crippen LogP contribution in [-0.4, -0.2) is 28.6 Å². The van der Waals surface area contributed by atoms with Gasteiger partial charge in [0.15, 0.2) is 0 Å². The lowest BCUT2D eigenvalue weighted by atomic mass is 10.1. The summed E-state index contributed by atoms with van der Waals surface area (Å²) in [6.07, 6.45) is 2.39. The third-order valence-corrected chi connectivity index (χ3v) is 3.87. The number of aryl methyl sites for hydroxylation is 2. The van der Waals surface area contributed by atoms with Crippen molar-refractivity contribution in [2.75, 3.05) is 6.54 Å². The largest absolute Gasteiger partial charge is 0.481 e. The first kappa shape index (κ1) is 13.1. The van der Waals surface area contributed by atoms with E-state index in [1.54, 1.807) is 0 Å². The predicted molar refractivity (Wildman–Crippen MR) is 71.6 cm³/mol. The van der Waals surface area contributed by atoms with Gasteiger partial charge in [-0.05, 0) is 49.9 Å². The van der Waals surface area contributed by atoms with E-state index in [4.69, 9.17) is 5.11 Å². The van der Waals surface area contributed by atoms with Crippen molar-refractivity contribution < 1.29 is 9.90 Å². The number of hydrogen-bond donors (Lipinski definition) is 1. The monoisotopic (exact) mass is 247 g/mol. The fourth-order valence-corrected chi connectivity index (χ4v) is 2.67. The standard InChI is InChI=1S/C15H21NO2/c1-11-5-6-13(8-12(11)2)10-16-7-3-4-14(16)9-15(17)18/h5-6,8,14H,3-4,7,9-10H2,1-2H3,(H,17,18). The first-order valence-corrected chi connectivity index (χ1v) is 6.58. The van der Waals surface area contributed by atoms with E-state index < -0.39 is 5.97 Å². The van der Waals surface area contributed by atoms with Gasteiger partial charge < -0.3 is 5.11 Å². The van der Waals surface area contributed by atoms with Crippen LogP contribution in [0.1, 0.15) is 36.0 Å². The Hall–Kier alpha value is -1.35. The molecule has 1 fully saturated rings. The second-order valence-electron chi connectivity index (χ2n) is 5.28. The van der Waals surface area contributed by atoms with Gasteiger partial charge >= 0.3 is 5.97 Å². The maximum absolute atomic E-state index is 10.8. The molecule has 18 heavy (non-hydrogen) atoms. The summed E-state index contributed by atoms with van der Waals surface area (Å²) in [5.74, 6) is -0.688. The molecule has 0 spiro atoms. The molecular formula is C15H21NO2. The molecule has 98 valence electrons. The number of benzene rings is 1. The minimum Gasteiger partial charge on any atom is -0.481 e. The molecule has 3 nitrogen and oxygen atoms in total. The SMILES string of the molecule is Cc1ccc(CN2CCCC2CC(=O)O)cc1C. The summed E-state index contributed by atoms with van der Waals surface area (Å²) < 4.78 is 0. The smallest absolute Gasteiger partial charge is 0.304 e. The van der Waals surface area contributed by atoms with Crippen LogP contribution in [0.2, 0.25) is 0 Å². The lowest BCUT2D eigenvalue weighted by Gasteiger charge is -2.23. The zero-order valence-corrected chi connectivity index (χ0v) is 11.1. The molecule has 1 saturated heterocycles. The maximum Gasteiger partial charge on any atom is 0.304 e. The molecule has 0 amide bonds. The molecule has 1 aromatic rings. The van der Waals surface area contributed by atoms with Gasteiger partial charge in [0.05, 0.1) is 6.42 Å². The summed E-state index contributed by atoms with van der Waals surface area (Å²) in [5, 5.41) is 8.91. The number of carboxylic acids is 1. The molecule has 1 aliphatic rings. The van der Waals surface area contributed by atoms with Crippen LogP contribution in [0.5, 0.6) is 0 Å². The summed E-state index contributed by atoms with van der Waals surface area (Å²) in [6, 6.07) is 6.72. The quantitative estimate of drug-likeness (QED) is 0.889.